The van der Waals surface area contributed by atoms with Gasteiger partial charge < -0.3 is 0 Å². The van der Waals surface area contributed by atoms with Gasteiger partial charge >= 0.3 is 0 Å². The summed E-state index contributed by atoms with van der Waals surface area (Å²) in [6.45, 7) is 0. The summed E-state index contributed by atoms with van der Waals surface area (Å²) in [4.78, 5) is 5.43. The predicted octanol–water partition coefficient (Wildman–Crippen LogP) is 3.72. The number of rotatable bonds is 1. The summed E-state index contributed by atoms with van der Waals surface area (Å²) in [6, 6.07) is 10.1. The van der Waals surface area contributed by atoms with Crippen LogP contribution in [0.5, 0.6) is 0 Å². The standard InChI is InChI=1S/C11H7ClN2S/c12-10-7-14-6-9(13-11(14)15-10)8-4-2-1-3-5-8/h1-7H. The highest BCUT2D eigenvalue weighted by Gasteiger charge is 2.06. The van der Waals surface area contributed by atoms with Crippen molar-refractivity contribution < 1.29 is 0 Å². The van der Waals surface area contributed by atoms with Gasteiger partial charge in [-0.25, -0.2) is 4.98 Å². The van der Waals surface area contributed by atoms with E-state index in [1.807, 2.05) is 47.1 Å². The zero-order valence-corrected chi connectivity index (χ0v) is 9.29. The molecule has 15 heavy (non-hydrogen) atoms. The van der Waals surface area contributed by atoms with Crippen LogP contribution in [0.1, 0.15) is 0 Å². The third-order valence-electron chi connectivity index (χ3n) is 2.20. The summed E-state index contributed by atoms with van der Waals surface area (Å²) in [7, 11) is 0. The molecule has 0 spiro atoms. The molecule has 0 amide bonds. The van der Waals surface area contributed by atoms with E-state index in [1.165, 1.54) is 11.3 Å². The summed E-state index contributed by atoms with van der Waals surface area (Å²) in [5, 5.41) is 0. The Morgan fingerprint density at radius 1 is 1.13 bits per heavy atom. The fourth-order valence-corrected chi connectivity index (χ4v) is 2.52. The van der Waals surface area contributed by atoms with Crippen molar-refractivity contribution in [3.05, 3.63) is 47.1 Å². The molecule has 0 aliphatic carbocycles. The van der Waals surface area contributed by atoms with Gasteiger partial charge in [0.15, 0.2) is 4.96 Å². The van der Waals surface area contributed by atoms with E-state index in [4.69, 9.17) is 11.6 Å². The number of aromatic nitrogens is 2. The van der Waals surface area contributed by atoms with Gasteiger partial charge in [0, 0.05) is 18.0 Å². The molecule has 0 unspecified atom stereocenters. The number of benzene rings is 1. The molecule has 0 saturated heterocycles. The Bertz CT molecular complexity index is 566. The molecule has 0 saturated carbocycles. The average Bonchev–Trinajstić information content (AvgIpc) is 2.76. The normalized spacial score (nSPS) is 11.0. The second-order valence-corrected chi connectivity index (χ2v) is 4.86. The van der Waals surface area contributed by atoms with Crippen LogP contribution in [0.2, 0.25) is 4.34 Å². The zero-order valence-electron chi connectivity index (χ0n) is 7.72. The monoisotopic (exact) mass is 234 g/mol. The minimum atomic E-state index is 0.761. The maximum absolute atomic E-state index is 5.88. The van der Waals surface area contributed by atoms with E-state index in [1.54, 1.807) is 0 Å². The quantitative estimate of drug-likeness (QED) is 0.627. The molecule has 74 valence electrons. The maximum atomic E-state index is 5.88. The van der Waals surface area contributed by atoms with Crippen molar-refractivity contribution in [3.63, 3.8) is 0 Å². The summed E-state index contributed by atoms with van der Waals surface area (Å²) >= 11 is 7.37. The summed E-state index contributed by atoms with van der Waals surface area (Å²) in [6.07, 6.45) is 3.87. The van der Waals surface area contributed by atoms with E-state index >= 15 is 0 Å². The molecule has 0 radical (unpaired) electrons. The number of thiazole rings is 1. The van der Waals surface area contributed by atoms with Gasteiger partial charge in [0.05, 0.1) is 5.69 Å². The maximum Gasteiger partial charge on any atom is 0.195 e. The van der Waals surface area contributed by atoms with Gasteiger partial charge in [-0.2, -0.15) is 0 Å². The van der Waals surface area contributed by atoms with Gasteiger partial charge in [-0.15, -0.1) is 0 Å². The van der Waals surface area contributed by atoms with Crippen molar-refractivity contribution in [1.29, 1.82) is 0 Å². The number of nitrogens with zero attached hydrogens (tertiary/aromatic N) is 2. The smallest absolute Gasteiger partial charge is 0.195 e. The lowest BCUT2D eigenvalue weighted by Crippen LogP contribution is -1.74. The Balaban J connectivity index is 2.16. The van der Waals surface area contributed by atoms with Crippen LogP contribution in [0.15, 0.2) is 42.7 Å². The molecule has 0 aliphatic heterocycles. The molecule has 0 aliphatic rings. The third-order valence-corrected chi connectivity index (χ3v) is 3.31. The molecule has 3 rings (SSSR count). The molecule has 0 bridgehead atoms. The molecule has 1 aromatic carbocycles. The highest BCUT2D eigenvalue weighted by atomic mass is 35.5. The van der Waals surface area contributed by atoms with Crippen molar-refractivity contribution in [2.45, 2.75) is 0 Å². The van der Waals surface area contributed by atoms with Crippen LogP contribution in [-0.2, 0) is 0 Å². The topological polar surface area (TPSA) is 17.3 Å². The molecule has 2 nitrogen and oxygen atoms in total. The first-order chi connectivity index (χ1) is 7.33. The minimum absolute atomic E-state index is 0.761. The molecule has 2 heterocycles. The van der Waals surface area contributed by atoms with Crippen LogP contribution >= 0.6 is 22.9 Å². The van der Waals surface area contributed by atoms with Crippen LogP contribution in [0.4, 0.5) is 0 Å². The van der Waals surface area contributed by atoms with E-state index in [0.717, 1.165) is 20.6 Å². The van der Waals surface area contributed by atoms with Gasteiger partial charge in [-0.3, -0.25) is 4.40 Å². The van der Waals surface area contributed by atoms with Crippen LogP contribution in [0.3, 0.4) is 0 Å². The third kappa shape index (κ3) is 1.54. The largest absolute Gasteiger partial charge is 0.296 e. The number of hydrogen-bond donors (Lipinski definition) is 0. The molecular formula is C11H7ClN2S. The summed E-state index contributed by atoms with van der Waals surface area (Å²) in [5.74, 6) is 0. The molecule has 3 aromatic rings. The average molecular weight is 235 g/mol. The van der Waals surface area contributed by atoms with Crippen molar-refractivity contribution in [1.82, 2.24) is 9.38 Å². The van der Waals surface area contributed by atoms with E-state index < -0.39 is 0 Å². The lowest BCUT2D eigenvalue weighted by molar-refractivity contribution is 1.23. The molecule has 0 fully saturated rings. The van der Waals surface area contributed by atoms with Crippen molar-refractivity contribution >= 4 is 27.9 Å². The van der Waals surface area contributed by atoms with Crippen LogP contribution in [-0.4, -0.2) is 9.38 Å². The molecule has 4 heteroatoms. The van der Waals surface area contributed by atoms with Crippen molar-refractivity contribution in [2.24, 2.45) is 0 Å². The molecule has 0 N–H and O–H groups in total. The van der Waals surface area contributed by atoms with Gasteiger partial charge in [0.1, 0.15) is 4.34 Å². The Morgan fingerprint density at radius 2 is 1.93 bits per heavy atom. The first-order valence-electron chi connectivity index (χ1n) is 4.52. The molecule has 2 aromatic heterocycles. The number of hydrogen-bond acceptors (Lipinski definition) is 2. The predicted molar refractivity (Wildman–Crippen MR) is 63.5 cm³/mol. The van der Waals surface area contributed by atoms with Crippen LogP contribution in [0, 0.1) is 0 Å². The summed E-state index contributed by atoms with van der Waals surface area (Å²) < 4.78 is 2.71. The lowest BCUT2D eigenvalue weighted by Gasteiger charge is -1.92. The highest BCUT2D eigenvalue weighted by Crippen LogP contribution is 2.26. The van der Waals surface area contributed by atoms with Gasteiger partial charge in [0.2, 0.25) is 0 Å². The van der Waals surface area contributed by atoms with Gasteiger partial charge in [-0.05, 0) is 0 Å². The Hall–Kier alpha value is -1.32. The van der Waals surface area contributed by atoms with Gasteiger partial charge in [0.25, 0.3) is 0 Å². The second kappa shape index (κ2) is 3.36. The molecular weight excluding hydrogens is 228 g/mol. The lowest BCUT2D eigenvalue weighted by atomic mass is 10.2. The molecule has 0 atom stereocenters. The van der Waals surface area contributed by atoms with Crippen LogP contribution < -0.4 is 0 Å². The van der Waals surface area contributed by atoms with Gasteiger partial charge in [-0.1, -0.05) is 53.3 Å². The second-order valence-electron chi connectivity index (χ2n) is 3.22. The SMILES string of the molecule is Clc1cn2cc(-c3ccccc3)nc2s1. The first-order valence-corrected chi connectivity index (χ1v) is 5.72. The Labute approximate surface area is 95.8 Å². The highest BCUT2D eigenvalue weighted by molar-refractivity contribution is 7.20. The Morgan fingerprint density at radius 3 is 2.67 bits per heavy atom. The van der Waals surface area contributed by atoms with E-state index in [0.29, 0.717) is 0 Å². The number of halogens is 1. The first kappa shape index (κ1) is 8.95. The fraction of sp³-hybridized carbons (Fsp3) is 0. The Kier molecular flexibility index (Phi) is 2.01. The van der Waals surface area contributed by atoms with E-state index in [2.05, 4.69) is 4.98 Å². The van der Waals surface area contributed by atoms with Crippen LogP contribution in [0.25, 0.3) is 16.2 Å². The fourth-order valence-electron chi connectivity index (χ4n) is 1.52. The summed E-state index contributed by atoms with van der Waals surface area (Å²) in [5.41, 5.74) is 2.11. The van der Waals surface area contributed by atoms with E-state index in [-0.39, 0.29) is 0 Å². The van der Waals surface area contributed by atoms with E-state index in [9.17, 15) is 0 Å². The van der Waals surface area contributed by atoms with Crippen molar-refractivity contribution in [3.8, 4) is 11.3 Å². The zero-order chi connectivity index (χ0) is 10.3. The number of fused-ring (bicyclic) bond motifs is 1. The number of imidazole rings is 1. The van der Waals surface area contributed by atoms with Crippen molar-refractivity contribution in [2.75, 3.05) is 0 Å². The minimum Gasteiger partial charge on any atom is -0.296 e.